The number of carbonyl (C=O) groups is 4. The minimum Gasteiger partial charge on any atom is -0.480 e. The second-order valence-corrected chi connectivity index (χ2v) is 10.1. The molecule has 3 unspecified atom stereocenters. The third-order valence-electron chi connectivity index (χ3n) is 6.87. The summed E-state index contributed by atoms with van der Waals surface area (Å²) in [5.74, 6) is -2.95. The van der Waals surface area contributed by atoms with Crippen molar-refractivity contribution < 1.29 is 29.4 Å². The van der Waals surface area contributed by atoms with Gasteiger partial charge in [0.2, 0.25) is 17.7 Å². The smallest absolute Gasteiger partial charge is 0.326 e. The van der Waals surface area contributed by atoms with E-state index in [0.29, 0.717) is 13.1 Å². The second-order valence-electron chi connectivity index (χ2n) is 10.1. The summed E-state index contributed by atoms with van der Waals surface area (Å²) in [6, 6.07) is 4.12. The summed E-state index contributed by atoms with van der Waals surface area (Å²) in [6.07, 6.45) is 2.87. The Kier molecular flexibility index (Phi) is 10.8. The molecule has 0 fully saturated rings. The molecule has 3 amide bonds. The molecule has 0 saturated carbocycles. The highest BCUT2D eigenvalue weighted by Crippen LogP contribution is 2.19. The van der Waals surface area contributed by atoms with Crippen molar-refractivity contribution >= 4 is 40.6 Å². The zero-order valence-corrected chi connectivity index (χ0v) is 22.9. The number of guanidine groups is 1. The maximum atomic E-state index is 13.0. The van der Waals surface area contributed by atoms with Crippen molar-refractivity contribution in [3.8, 4) is 0 Å². The number of nitrogens with zero attached hydrogens (tertiary/aromatic N) is 1. The first kappa shape index (κ1) is 31.1. The predicted molar refractivity (Wildman–Crippen MR) is 152 cm³/mol. The number of hydrogen-bond acceptors (Lipinski definition) is 7. The Morgan fingerprint density at radius 1 is 1.12 bits per heavy atom. The van der Waals surface area contributed by atoms with Crippen LogP contribution in [0.1, 0.15) is 31.7 Å². The second kappa shape index (κ2) is 14.3. The molecule has 222 valence electrons. The number of H-pyrrole nitrogens is 1. The van der Waals surface area contributed by atoms with Crippen LogP contribution in [0.5, 0.6) is 0 Å². The normalized spacial score (nSPS) is 15.9. The Balaban J connectivity index is 1.51. The zero-order valence-electron chi connectivity index (χ0n) is 22.9. The van der Waals surface area contributed by atoms with E-state index in [9.17, 15) is 29.4 Å². The van der Waals surface area contributed by atoms with Crippen LogP contribution in [0.3, 0.4) is 0 Å². The third kappa shape index (κ3) is 8.78. The van der Waals surface area contributed by atoms with Gasteiger partial charge >= 0.3 is 5.97 Å². The number of aliphatic hydroxyl groups excluding tert-OH is 1. The fraction of sp³-hybridized carbons (Fsp3) is 0.444. The summed E-state index contributed by atoms with van der Waals surface area (Å²) < 4.78 is 0. The van der Waals surface area contributed by atoms with E-state index in [-0.39, 0.29) is 38.2 Å². The van der Waals surface area contributed by atoms with Crippen LogP contribution in [0.25, 0.3) is 10.9 Å². The lowest BCUT2D eigenvalue weighted by molar-refractivity contribution is -0.141. The number of carboxylic acid groups (broad SMARTS) is 1. The molecule has 14 nitrogen and oxygen atoms in total. The highest BCUT2D eigenvalue weighted by atomic mass is 16.4. The molecule has 0 saturated heterocycles. The average molecular weight is 571 g/mol. The van der Waals surface area contributed by atoms with Gasteiger partial charge in [-0.15, -0.1) is 0 Å². The number of hydrogen-bond donors (Lipinski definition) is 9. The first-order chi connectivity index (χ1) is 19.5. The lowest BCUT2D eigenvalue weighted by atomic mass is 10.0. The van der Waals surface area contributed by atoms with Gasteiger partial charge in [0, 0.05) is 49.6 Å². The molecule has 1 aromatic carbocycles. The van der Waals surface area contributed by atoms with E-state index in [1.807, 2.05) is 30.3 Å². The van der Waals surface area contributed by atoms with Gasteiger partial charge in [-0.25, -0.2) is 4.79 Å². The lowest BCUT2D eigenvalue weighted by Crippen LogP contribution is -2.54. The molecule has 1 aromatic heterocycles. The van der Waals surface area contributed by atoms with E-state index in [1.165, 1.54) is 6.92 Å². The van der Waals surface area contributed by atoms with E-state index in [1.54, 1.807) is 11.1 Å². The lowest BCUT2D eigenvalue weighted by Gasteiger charge is -2.23. The van der Waals surface area contributed by atoms with Crippen LogP contribution in [0.4, 0.5) is 0 Å². The molecule has 3 rings (SSSR count). The monoisotopic (exact) mass is 570 g/mol. The van der Waals surface area contributed by atoms with Crippen molar-refractivity contribution in [3.05, 3.63) is 47.7 Å². The summed E-state index contributed by atoms with van der Waals surface area (Å²) in [7, 11) is 0. The van der Waals surface area contributed by atoms with Gasteiger partial charge in [0.15, 0.2) is 5.96 Å². The van der Waals surface area contributed by atoms with Crippen molar-refractivity contribution in [2.24, 2.45) is 11.5 Å². The molecular weight excluding hydrogens is 532 g/mol. The molecule has 0 aliphatic carbocycles. The summed E-state index contributed by atoms with van der Waals surface area (Å²) in [6.45, 7) is 2.21. The number of aromatic nitrogens is 1. The minimum atomic E-state index is -1.23. The average Bonchev–Trinajstić information content (AvgIpc) is 3.57. The van der Waals surface area contributed by atoms with E-state index in [4.69, 9.17) is 16.9 Å². The molecule has 1 aliphatic rings. The van der Waals surface area contributed by atoms with Crippen LogP contribution in [-0.4, -0.2) is 93.6 Å². The van der Waals surface area contributed by atoms with E-state index < -0.39 is 47.9 Å². The number of nitrogens with one attached hydrogen (secondary N) is 5. The van der Waals surface area contributed by atoms with Crippen LogP contribution in [0, 0.1) is 5.41 Å². The number of rotatable bonds is 14. The standard InChI is InChI=1S/C27H38N8O6/c1-15(36)23(28)25(39)34-20(11-16-8-10-35(14-16)27(29)30)24(38)31-9-4-7-22(37)33-21(26(40)41)12-17-13-32-19-6-3-2-5-18(17)19/h2-3,5-6,8,13,15,20-21,23,32,36H,4,7,9-12,14,28H2,1H3,(H3,29,30)(H,31,38)(H,33,37)(H,34,39)(H,40,41)/t15?,20?,21-,23?/m0/s1. The number of amides is 3. The maximum absolute atomic E-state index is 13.0. The largest absolute Gasteiger partial charge is 0.480 e. The van der Waals surface area contributed by atoms with Gasteiger partial charge in [-0.05, 0) is 31.4 Å². The first-order valence-electron chi connectivity index (χ1n) is 13.3. The quantitative estimate of drug-likeness (QED) is 0.0578. The summed E-state index contributed by atoms with van der Waals surface area (Å²) >= 11 is 0. The number of aromatic amines is 1. The molecule has 4 atom stereocenters. The summed E-state index contributed by atoms with van der Waals surface area (Å²) in [5, 5.41) is 35.5. The molecular formula is C27H38N8O6. The van der Waals surface area contributed by atoms with Gasteiger partial charge in [-0.2, -0.15) is 0 Å². The van der Waals surface area contributed by atoms with Crippen molar-refractivity contribution in [2.75, 3.05) is 19.6 Å². The minimum absolute atomic E-state index is 0.0272. The SMILES string of the molecule is CC(O)C(N)C(=O)NC(CC1=CCN(C(=N)N)C1)C(=O)NCCCC(=O)N[C@@H](Cc1c[nH]c2ccccc12)C(=O)O. The van der Waals surface area contributed by atoms with E-state index in [2.05, 4.69) is 20.9 Å². The van der Waals surface area contributed by atoms with Gasteiger partial charge in [0.05, 0.1) is 6.10 Å². The molecule has 14 heteroatoms. The summed E-state index contributed by atoms with van der Waals surface area (Å²) in [5.41, 5.74) is 13.7. The fourth-order valence-corrected chi connectivity index (χ4v) is 4.47. The number of fused-ring (bicyclic) bond motifs is 1. The number of aliphatic carboxylic acids is 1. The zero-order chi connectivity index (χ0) is 30.1. The van der Waals surface area contributed by atoms with Crippen molar-refractivity contribution in [1.29, 1.82) is 5.41 Å². The maximum Gasteiger partial charge on any atom is 0.326 e. The van der Waals surface area contributed by atoms with Crippen molar-refractivity contribution in [2.45, 2.75) is 56.8 Å². The van der Waals surface area contributed by atoms with Gasteiger partial charge in [-0.1, -0.05) is 29.8 Å². The van der Waals surface area contributed by atoms with Crippen LogP contribution >= 0.6 is 0 Å². The number of carboxylic acids is 1. The highest BCUT2D eigenvalue weighted by Gasteiger charge is 2.28. The first-order valence-corrected chi connectivity index (χ1v) is 13.3. The molecule has 11 N–H and O–H groups in total. The number of benzene rings is 1. The third-order valence-corrected chi connectivity index (χ3v) is 6.87. The topological polar surface area (TPSA) is 240 Å². The number of nitrogens with two attached hydrogens (primary N) is 2. The molecule has 41 heavy (non-hydrogen) atoms. The fourth-order valence-electron chi connectivity index (χ4n) is 4.47. The van der Waals surface area contributed by atoms with E-state index >= 15 is 0 Å². The van der Waals surface area contributed by atoms with Crippen LogP contribution in [0.15, 0.2) is 42.1 Å². The Hall–Kier alpha value is -4.43. The van der Waals surface area contributed by atoms with Gasteiger partial charge in [-0.3, -0.25) is 19.8 Å². The van der Waals surface area contributed by atoms with Gasteiger partial charge < -0.3 is 47.5 Å². The Labute approximate surface area is 237 Å². The van der Waals surface area contributed by atoms with E-state index in [0.717, 1.165) is 22.0 Å². The molecule has 1 aliphatic heterocycles. The molecule has 2 aromatic rings. The predicted octanol–water partition coefficient (Wildman–Crippen LogP) is -1.11. The highest BCUT2D eigenvalue weighted by molar-refractivity contribution is 5.90. The number of aliphatic hydroxyl groups is 1. The van der Waals surface area contributed by atoms with Crippen LogP contribution in [-0.2, 0) is 25.6 Å². The molecule has 0 bridgehead atoms. The summed E-state index contributed by atoms with van der Waals surface area (Å²) in [4.78, 5) is 54.4. The van der Waals surface area contributed by atoms with Crippen molar-refractivity contribution in [3.63, 3.8) is 0 Å². The number of para-hydroxylation sites is 1. The molecule has 0 spiro atoms. The number of carbonyl (C=O) groups excluding carboxylic acids is 3. The van der Waals surface area contributed by atoms with Gasteiger partial charge in [0.25, 0.3) is 0 Å². The van der Waals surface area contributed by atoms with Crippen molar-refractivity contribution in [1.82, 2.24) is 25.8 Å². The van der Waals surface area contributed by atoms with Crippen LogP contribution in [0.2, 0.25) is 0 Å². The Morgan fingerprint density at radius 3 is 2.51 bits per heavy atom. The Bertz CT molecular complexity index is 1310. The Morgan fingerprint density at radius 2 is 1.85 bits per heavy atom. The van der Waals surface area contributed by atoms with Gasteiger partial charge in [0.1, 0.15) is 18.1 Å². The molecule has 0 radical (unpaired) electrons. The van der Waals surface area contributed by atoms with Crippen LogP contribution < -0.4 is 27.4 Å². The molecule has 2 heterocycles.